The summed E-state index contributed by atoms with van der Waals surface area (Å²) in [5.41, 5.74) is 4.61. The average Bonchev–Trinajstić information content (AvgIpc) is 3.65. The minimum atomic E-state index is -0.662. The summed E-state index contributed by atoms with van der Waals surface area (Å²) >= 11 is 0. The molecule has 1 aromatic heterocycles. The number of hydrogen-bond acceptors (Lipinski definition) is 3. The van der Waals surface area contributed by atoms with Gasteiger partial charge in [0, 0.05) is 29.1 Å². The Kier molecular flexibility index (Phi) is 5.32. The summed E-state index contributed by atoms with van der Waals surface area (Å²) in [4.78, 5) is 48.0. The number of benzene rings is 3. The van der Waals surface area contributed by atoms with Crippen LogP contribution in [0.2, 0.25) is 0 Å². The molecule has 2 N–H and O–H groups in total. The third kappa shape index (κ3) is 3.45. The van der Waals surface area contributed by atoms with Gasteiger partial charge in [-0.25, -0.2) is 9.69 Å². The largest absolute Gasteiger partial charge is 0.356 e. The van der Waals surface area contributed by atoms with E-state index in [2.05, 4.69) is 16.4 Å². The quantitative estimate of drug-likeness (QED) is 0.369. The van der Waals surface area contributed by atoms with Crippen LogP contribution in [0.25, 0.3) is 10.9 Å². The molecule has 2 aliphatic heterocycles. The first-order valence-electron chi connectivity index (χ1n) is 13.3. The van der Waals surface area contributed by atoms with E-state index < -0.39 is 18.1 Å². The van der Waals surface area contributed by atoms with Gasteiger partial charge in [-0.3, -0.25) is 14.5 Å². The van der Waals surface area contributed by atoms with E-state index in [1.54, 1.807) is 29.2 Å². The topological polar surface area (TPSA) is 85.5 Å². The number of aromatic nitrogens is 1. The maximum Gasteiger partial charge on any atom is 0.332 e. The van der Waals surface area contributed by atoms with E-state index in [4.69, 9.17) is 0 Å². The molecular formula is C31H28N4O3. The number of amides is 4. The summed E-state index contributed by atoms with van der Waals surface area (Å²) in [5.74, 6) is -0.540. The third-order valence-electron chi connectivity index (χ3n) is 8.24. The van der Waals surface area contributed by atoms with Crippen molar-refractivity contribution in [3.63, 3.8) is 0 Å². The second-order valence-corrected chi connectivity index (χ2v) is 10.4. The number of anilines is 1. The lowest BCUT2D eigenvalue weighted by Gasteiger charge is -2.36. The number of para-hydroxylation sites is 2. The van der Waals surface area contributed by atoms with Crippen LogP contribution in [-0.2, 0) is 11.2 Å². The van der Waals surface area contributed by atoms with Gasteiger partial charge in [-0.2, -0.15) is 0 Å². The van der Waals surface area contributed by atoms with Gasteiger partial charge >= 0.3 is 6.03 Å². The molecule has 2 fully saturated rings. The van der Waals surface area contributed by atoms with Crippen molar-refractivity contribution in [2.75, 3.05) is 4.90 Å². The molecule has 0 spiro atoms. The van der Waals surface area contributed by atoms with E-state index in [0.717, 1.165) is 53.4 Å². The van der Waals surface area contributed by atoms with Crippen molar-refractivity contribution in [3.05, 3.63) is 101 Å². The smallest absolute Gasteiger partial charge is 0.332 e. The molecule has 7 rings (SSSR count). The van der Waals surface area contributed by atoms with E-state index >= 15 is 0 Å². The maximum atomic E-state index is 14.2. The zero-order chi connectivity index (χ0) is 25.8. The lowest BCUT2D eigenvalue weighted by Crippen LogP contribution is -2.44. The molecule has 1 saturated heterocycles. The molecule has 7 nitrogen and oxygen atoms in total. The van der Waals surface area contributed by atoms with Crippen LogP contribution in [0.1, 0.15) is 58.9 Å². The summed E-state index contributed by atoms with van der Waals surface area (Å²) < 4.78 is 0. The Morgan fingerprint density at radius 2 is 1.58 bits per heavy atom. The Morgan fingerprint density at radius 3 is 2.39 bits per heavy atom. The molecule has 7 heteroatoms. The van der Waals surface area contributed by atoms with Crippen LogP contribution in [-0.4, -0.2) is 39.8 Å². The second-order valence-electron chi connectivity index (χ2n) is 10.4. The van der Waals surface area contributed by atoms with Crippen LogP contribution >= 0.6 is 0 Å². The standard InChI is InChI=1S/C31H28N4O3/c36-29(32-20-12-4-5-13-20)22-15-7-9-17-25(22)35-30(37)26-18-23-21-14-6-8-16-24(21)33-27(23)28(34(26)31(35)38)19-10-2-1-3-11-19/h1-3,6-11,14-17,20,26,28,33H,4-5,12-13,18H2,(H,32,36)/t26-,28?/m0/s1. The van der Waals surface area contributed by atoms with Crippen LogP contribution in [0, 0.1) is 0 Å². The Labute approximate surface area is 220 Å². The van der Waals surface area contributed by atoms with Crippen LogP contribution in [0.5, 0.6) is 0 Å². The highest BCUT2D eigenvalue weighted by Crippen LogP contribution is 2.45. The highest BCUT2D eigenvalue weighted by Gasteiger charge is 2.53. The highest BCUT2D eigenvalue weighted by molar-refractivity contribution is 6.24. The zero-order valence-corrected chi connectivity index (χ0v) is 20.9. The summed E-state index contributed by atoms with van der Waals surface area (Å²) in [7, 11) is 0. The third-order valence-corrected chi connectivity index (χ3v) is 8.24. The van der Waals surface area contributed by atoms with Crippen molar-refractivity contribution in [1.82, 2.24) is 15.2 Å². The predicted molar refractivity (Wildman–Crippen MR) is 145 cm³/mol. The number of hydrogen-bond donors (Lipinski definition) is 2. The highest BCUT2D eigenvalue weighted by atomic mass is 16.2. The van der Waals surface area contributed by atoms with Gasteiger partial charge in [0.25, 0.3) is 11.8 Å². The van der Waals surface area contributed by atoms with E-state index in [-0.39, 0.29) is 17.9 Å². The summed E-state index contributed by atoms with van der Waals surface area (Å²) in [5, 5.41) is 4.18. The number of urea groups is 1. The summed E-state index contributed by atoms with van der Waals surface area (Å²) in [6, 6.07) is 23.4. The molecule has 4 amide bonds. The first-order valence-corrected chi connectivity index (χ1v) is 13.3. The molecule has 0 radical (unpaired) electrons. The molecule has 190 valence electrons. The Balaban J connectivity index is 1.32. The van der Waals surface area contributed by atoms with Crippen LogP contribution in [0.4, 0.5) is 10.5 Å². The fourth-order valence-corrected chi connectivity index (χ4v) is 6.47. The van der Waals surface area contributed by atoms with Crippen molar-refractivity contribution in [2.45, 2.75) is 50.2 Å². The van der Waals surface area contributed by atoms with Gasteiger partial charge in [0.1, 0.15) is 12.1 Å². The average molecular weight is 505 g/mol. The minimum Gasteiger partial charge on any atom is -0.356 e. The lowest BCUT2D eigenvalue weighted by molar-refractivity contribution is -0.120. The normalized spacial score (nSPS) is 21.2. The zero-order valence-electron chi connectivity index (χ0n) is 20.9. The Hall–Kier alpha value is -4.39. The molecule has 4 aromatic rings. The monoisotopic (exact) mass is 504 g/mol. The molecule has 1 aliphatic carbocycles. The molecule has 3 aliphatic rings. The van der Waals surface area contributed by atoms with E-state index in [0.29, 0.717) is 17.7 Å². The van der Waals surface area contributed by atoms with E-state index in [1.165, 1.54) is 4.90 Å². The van der Waals surface area contributed by atoms with Gasteiger partial charge in [0.2, 0.25) is 0 Å². The van der Waals surface area contributed by atoms with Crippen LogP contribution in [0.3, 0.4) is 0 Å². The number of carbonyl (C=O) groups excluding carboxylic acids is 3. The molecule has 2 atom stereocenters. The van der Waals surface area contributed by atoms with Gasteiger partial charge < -0.3 is 10.3 Å². The number of fused-ring (bicyclic) bond motifs is 4. The van der Waals surface area contributed by atoms with Gasteiger partial charge in [-0.15, -0.1) is 0 Å². The number of rotatable bonds is 4. The van der Waals surface area contributed by atoms with E-state index in [9.17, 15) is 14.4 Å². The number of H-pyrrole nitrogens is 1. The number of aromatic amines is 1. The van der Waals surface area contributed by atoms with Crippen LogP contribution < -0.4 is 10.2 Å². The van der Waals surface area contributed by atoms with Crippen molar-refractivity contribution >= 4 is 34.4 Å². The first-order chi connectivity index (χ1) is 18.6. The number of nitrogens with one attached hydrogen (secondary N) is 2. The maximum absolute atomic E-state index is 14.2. The summed E-state index contributed by atoms with van der Waals surface area (Å²) in [6.45, 7) is 0. The van der Waals surface area contributed by atoms with Crippen molar-refractivity contribution < 1.29 is 14.4 Å². The number of carbonyl (C=O) groups is 3. The van der Waals surface area contributed by atoms with Crippen molar-refractivity contribution in [1.29, 1.82) is 0 Å². The molecule has 3 aromatic carbocycles. The van der Waals surface area contributed by atoms with Gasteiger partial charge in [-0.1, -0.05) is 73.5 Å². The lowest BCUT2D eigenvalue weighted by atomic mass is 9.89. The molecular weight excluding hydrogens is 476 g/mol. The predicted octanol–water partition coefficient (Wildman–Crippen LogP) is 5.32. The first kappa shape index (κ1) is 22.8. The molecule has 1 unspecified atom stereocenters. The molecule has 38 heavy (non-hydrogen) atoms. The molecule has 3 heterocycles. The van der Waals surface area contributed by atoms with Crippen molar-refractivity contribution in [2.24, 2.45) is 0 Å². The Morgan fingerprint density at radius 1 is 0.868 bits per heavy atom. The SMILES string of the molecule is O=C(NC1CCCC1)c1ccccc1N1C(=O)[C@@H]2Cc3c([nH]c4ccccc34)C(c3ccccc3)N2C1=O. The fourth-order valence-electron chi connectivity index (χ4n) is 6.47. The molecule has 0 bridgehead atoms. The summed E-state index contributed by atoms with van der Waals surface area (Å²) in [6.07, 6.45) is 4.52. The van der Waals surface area contributed by atoms with E-state index in [1.807, 2.05) is 48.5 Å². The second kappa shape index (κ2) is 8.87. The van der Waals surface area contributed by atoms with Gasteiger partial charge in [-0.05, 0) is 42.2 Å². The Bertz CT molecular complexity index is 1570. The van der Waals surface area contributed by atoms with Gasteiger partial charge in [0.05, 0.1) is 11.3 Å². The minimum absolute atomic E-state index is 0.132. The number of nitrogens with zero attached hydrogens (tertiary/aromatic N) is 2. The molecule has 1 saturated carbocycles. The van der Waals surface area contributed by atoms with Gasteiger partial charge in [0.15, 0.2) is 0 Å². The fraction of sp³-hybridized carbons (Fsp3) is 0.258. The van der Waals surface area contributed by atoms with Crippen molar-refractivity contribution in [3.8, 4) is 0 Å². The van der Waals surface area contributed by atoms with Crippen LogP contribution in [0.15, 0.2) is 78.9 Å². The number of imide groups is 1.